The van der Waals surface area contributed by atoms with Gasteiger partial charge in [0.2, 0.25) is 0 Å². The lowest BCUT2D eigenvalue weighted by atomic mass is 9.91. The third kappa shape index (κ3) is 2.57. The van der Waals surface area contributed by atoms with Crippen molar-refractivity contribution in [1.82, 2.24) is 15.0 Å². The zero-order valence-corrected chi connectivity index (χ0v) is 13.2. The monoisotopic (exact) mass is 308 g/mol. The number of H-pyrrole nitrogens is 1. The van der Waals surface area contributed by atoms with Crippen LogP contribution in [0.3, 0.4) is 0 Å². The molecule has 1 aliphatic rings. The van der Waals surface area contributed by atoms with E-state index in [1.807, 2.05) is 12.3 Å². The summed E-state index contributed by atoms with van der Waals surface area (Å²) in [6.07, 6.45) is 4.67. The first kappa shape index (κ1) is 14.2. The second-order valence-electron chi connectivity index (χ2n) is 6.66. The van der Waals surface area contributed by atoms with E-state index in [1.165, 1.54) is 5.69 Å². The Balaban J connectivity index is 1.66. The number of aliphatic hydroxyl groups excluding tert-OH is 1. The fourth-order valence-electron chi connectivity index (χ4n) is 3.20. The van der Waals surface area contributed by atoms with E-state index >= 15 is 0 Å². The van der Waals surface area contributed by atoms with Crippen LogP contribution in [0.25, 0.3) is 22.4 Å². The van der Waals surface area contributed by atoms with E-state index in [4.69, 9.17) is 0 Å². The van der Waals surface area contributed by atoms with Crippen LogP contribution in [0.4, 0.5) is 5.69 Å². The van der Waals surface area contributed by atoms with Crippen molar-refractivity contribution < 1.29 is 5.11 Å². The summed E-state index contributed by atoms with van der Waals surface area (Å²) in [5, 5.41) is 9.55. The van der Waals surface area contributed by atoms with Gasteiger partial charge in [-0.15, -0.1) is 0 Å². The largest absolute Gasteiger partial charge is 0.396 e. The SMILES string of the molecule is CC1(CO)CCN(c2cccc(-c3cnc4[nH]ccc4n3)c2)C1. The second kappa shape index (κ2) is 5.35. The lowest BCUT2D eigenvalue weighted by Crippen LogP contribution is -2.27. The second-order valence-corrected chi connectivity index (χ2v) is 6.66. The van der Waals surface area contributed by atoms with Crippen molar-refractivity contribution in [1.29, 1.82) is 0 Å². The Morgan fingerprint density at radius 3 is 3.09 bits per heavy atom. The highest BCUT2D eigenvalue weighted by molar-refractivity contribution is 5.75. The van der Waals surface area contributed by atoms with Gasteiger partial charge in [-0.2, -0.15) is 0 Å². The Morgan fingerprint density at radius 1 is 1.35 bits per heavy atom. The van der Waals surface area contributed by atoms with Crippen LogP contribution in [-0.4, -0.2) is 39.8 Å². The normalized spacial score (nSPS) is 21.2. The van der Waals surface area contributed by atoms with Gasteiger partial charge in [0.25, 0.3) is 0 Å². The van der Waals surface area contributed by atoms with Gasteiger partial charge < -0.3 is 15.0 Å². The molecule has 4 rings (SSSR count). The van der Waals surface area contributed by atoms with E-state index < -0.39 is 0 Å². The third-order valence-corrected chi connectivity index (χ3v) is 4.71. The zero-order valence-electron chi connectivity index (χ0n) is 13.2. The fraction of sp³-hybridized carbons (Fsp3) is 0.333. The van der Waals surface area contributed by atoms with E-state index in [0.717, 1.165) is 41.9 Å². The molecule has 0 bridgehead atoms. The van der Waals surface area contributed by atoms with Crippen molar-refractivity contribution in [2.75, 3.05) is 24.6 Å². The van der Waals surface area contributed by atoms with E-state index in [0.29, 0.717) is 0 Å². The molecule has 2 N–H and O–H groups in total. The molecule has 2 aromatic heterocycles. The number of rotatable bonds is 3. The van der Waals surface area contributed by atoms with Gasteiger partial charge in [0.15, 0.2) is 5.65 Å². The molecule has 3 aromatic rings. The molecular formula is C18H20N4O. The third-order valence-electron chi connectivity index (χ3n) is 4.71. The van der Waals surface area contributed by atoms with Gasteiger partial charge in [-0.1, -0.05) is 19.1 Å². The summed E-state index contributed by atoms with van der Waals surface area (Å²) in [4.78, 5) is 14.5. The first-order valence-electron chi connectivity index (χ1n) is 7.93. The average Bonchev–Trinajstić information content (AvgIpc) is 3.21. The lowest BCUT2D eigenvalue weighted by Gasteiger charge is -2.23. The molecule has 1 saturated heterocycles. The number of nitrogens with one attached hydrogen (secondary N) is 1. The maximum Gasteiger partial charge on any atom is 0.156 e. The lowest BCUT2D eigenvalue weighted by molar-refractivity contribution is 0.162. The zero-order chi connectivity index (χ0) is 15.9. The van der Waals surface area contributed by atoms with Gasteiger partial charge in [-0.25, -0.2) is 9.97 Å². The summed E-state index contributed by atoms with van der Waals surface area (Å²) in [6.45, 7) is 4.24. The van der Waals surface area contributed by atoms with E-state index in [1.54, 1.807) is 6.20 Å². The quantitative estimate of drug-likeness (QED) is 0.781. The van der Waals surface area contributed by atoms with Crippen molar-refractivity contribution in [2.24, 2.45) is 5.41 Å². The van der Waals surface area contributed by atoms with Crippen LogP contribution in [0.15, 0.2) is 42.7 Å². The fourth-order valence-corrected chi connectivity index (χ4v) is 3.20. The van der Waals surface area contributed by atoms with Gasteiger partial charge in [0.1, 0.15) is 5.52 Å². The molecule has 5 nitrogen and oxygen atoms in total. The number of aromatic amines is 1. The molecule has 23 heavy (non-hydrogen) atoms. The van der Waals surface area contributed by atoms with Gasteiger partial charge >= 0.3 is 0 Å². The number of aliphatic hydroxyl groups is 1. The van der Waals surface area contributed by atoms with Crippen molar-refractivity contribution >= 4 is 16.9 Å². The summed E-state index contributed by atoms with van der Waals surface area (Å²) in [5.41, 5.74) is 4.80. The van der Waals surface area contributed by atoms with E-state index in [-0.39, 0.29) is 12.0 Å². The number of fused-ring (bicyclic) bond motifs is 1. The molecule has 3 heterocycles. The molecule has 0 radical (unpaired) electrons. The van der Waals surface area contributed by atoms with Crippen molar-refractivity contribution in [3.63, 3.8) is 0 Å². The number of aromatic nitrogens is 3. The predicted octanol–water partition coefficient (Wildman–Crippen LogP) is 2.83. The first-order valence-corrected chi connectivity index (χ1v) is 7.93. The number of hydrogen-bond acceptors (Lipinski definition) is 4. The standard InChI is InChI=1S/C18H20N4O/c1-18(12-23)6-8-22(11-18)14-4-2-3-13(9-14)16-10-20-17-15(21-16)5-7-19-17/h2-5,7,9-10,23H,6,8,11-12H2,1H3,(H,19,20). The predicted molar refractivity (Wildman–Crippen MR) is 91.3 cm³/mol. The smallest absolute Gasteiger partial charge is 0.156 e. The highest BCUT2D eigenvalue weighted by atomic mass is 16.3. The average molecular weight is 308 g/mol. The molecule has 5 heteroatoms. The summed E-state index contributed by atoms with van der Waals surface area (Å²) in [6, 6.07) is 10.3. The van der Waals surface area contributed by atoms with Crippen LogP contribution in [0.1, 0.15) is 13.3 Å². The van der Waals surface area contributed by atoms with Crippen molar-refractivity contribution in [3.8, 4) is 11.3 Å². The number of nitrogens with zero attached hydrogens (tertiary/aromatic N) is 3. The summed E-state index contributed by atoms with van der Waals surface area (Å²) in [5.74, 6) is 0. The molecule has 0 aliphatic carbocycles. The summed E-state index contributed by atoms with van der Waals surface area (Å²) in [7, 11) is 0. The summed E-state index contributed by atoms with van der Waals surface area (Å²) >= 11 is 0. The molecule has 1 fully saturated rings. The Hall–Kier alpha value is -2.40. The topological polar surface area (TPSA) is 65.0 Å². The maximum absolute atomic E-state index is 9.55. The van der Waals surface area contributed by atoms with Crippen LogP contribution in [0, 0.1) is 5.41 Å². The minimum atomic E-state index is -0.000155. The van der Waals surface area contributed by atoms with Crippen LogP contribution >= 0.6 is 0 Å². The molecule has 1 aromatic carbocycles. The molecule has 0 spiro atoms. The minimum Gasteiger partial charge on any atom is -0.396 e. The Kier molecular flexibility index (Phi) is 3.31. The van der Waals surface area contributed by atoms with Crippen molar-refractivity contribution in [3.05, 3.63) is 42.7 Å². The Morgan fingerprint density at radius 2 is 2.26 bits per heavy atom. The molecular weight excluding hydrogens is 288 g/mol. The van der Waals surface area contributed by atoms with Crippen molar-refractivity contribution in [2.45, 2.75) is 13.3 Å². The molecule has 118 valence electrons. The van der Waals surface area contributed by atoms with E-state index in [2.05, 4.69) is 51.0 Å². The molecule has 1 unspecified atom stereocenters. The first-order chi connectivity index (χ1) is 11.2. The number of anilines is 1. The van der Waals surface area contributed by atoms with Crippen LogP contribution in [0.5, 0.6) is 0 Å². The van der Waals surface area contributed by atoms with Gasteiger partial charge in [0, 0.05) is 36.0 Å². The van der Waals surface area contributed by atoms with Gasteiger partial charge in [-0.05, 0) is 24.6 Å². The highest BCUT2D eigenvalue weighted by Gasteiger charge is 2.33. The minimum absolute atomic E-state index is 0.000155. The molecule has 0 saturated carbocycles. The van der Waals surface area contributed by atoms with Gasteiger partial charge in [-0.3, -0.25) is 0 Å². The Labute approximate surface area is 135 Å². The van der Waals surface area contributed by atoms with Crippen LogP contribution in [-0.2, 0) is 0 Å². The van der Waals surface area contributed by atoms with Crippen LogP contribution < -0.4 is 4.90 Å². The van der Waals surface area contributed by atoms with Gasteiger partial charge in [0.05, 0.1) is 18.5 Å². The molecule has 1 aliphatic heterocycles. The highest BCUT2D eigenvalue weighted by Crippen LogP contribution is 2.34. The molecule has 0 amide bonds. The van der Waals surface area contributed by atoms with Crippen LogP contribution in [0.2, 0.25) is 0 Å². The molecule has 1 atom stereocenters. The Bertz CT molecular complexity index is 844. The van der Waals surface area contributed by atoms with E-state index in [9.17, 15) is 5.11 Å². The number of benzene rings is 1. The number of hydrogen-bond donors (Lipinski definition) is 2. The summed E-state index contributed by atoms with van der Waals surface area (Å²) < 4.78 is 0. The maximum atomic E-state index is 9.55.